The zero-order valence-electron chi connectivity index (χ0n) is 17.3. The Morgan fingerprint density at radius 1 is 1.19 bits per heavy atom. The summed E-state index contributed by atoms with van der Waals surface area (Å²) < 4.78 is 41.0. The molecule has 0 fully saturated rings. The molecule has 1 aromatic heterocycles. The Balaban J connectivity index is 1.72. The predicted octanol–water partition coefficient (Wildman–Crippen LogP) is 4.60. The molecular weight excluding hydrogens is 439 g/mol. The summed E-state index contributed by atoms with van der Waals surface area (Å²) in [7, 11) is -3.87. The fraction of sp³-hybridized carbons (Fsp3) is 0.273. The van der Waals surface area contributed by atoms with E-state index in [1.165, 1.54) is 35.6 Å². The summed E-state index contributed by atoms with van der Waals surface area (Å²) in [5, 5.41) is 10.2. The lowest BCUT2D eigenvalue weighted by atomic mass is 9.97. The molecule has 2 aromatic carbocycles. The molecule has 0 radical (unpaired) electrons. The Kier molecular flexibility index (Phi) is 6.88. The van der Waals surface area contributed by atoms with E-state index in [1.807, 2.05) is 20.8 Å². The number of rotatable bonds is 8. The third kappa shape index (κ3) is 5.36. The van der Waals surface area contributed by atoms with Gasteiger partial charge in [-0.3, -0.25) is 0 Å². The maximum Gasteiger partial charge on any atom is 0.336 e. The number of carboxylic acids is 1. The van der Waals surface area contributed by atoms with Gasteiger partial charge in [0.25, 0.3) is 0 Å². The maximum atomic E-state index is 13.1. The highest BCUT2D eigenvalue weighted by Crippen LogP contribution is 2.28. The zero-order valence-corrected chi connectivity index (χ0v) is 19.0. The Bertz CT molecular complexity index is 1200. The van der Waals surface area contributed by atoms with Crippen LogP contribution in [0.3, 0.4) is 0 Å². The van der Waals surface area contributed by atoms with Gasteiger partial charge in [0.2, 0.25) is 10.0 Å². The smallest absolute Gasteiger partial charge is 0.336 e. The Labute approximate surface area is 184 Å². The SMILES string of the molecule is Cc1sc(-c2ccc(F)cc2)nc1CCNS(=O)(=O)c1ccc(C(C)C)c(C(=O)O)c1. The van der Waals surface area contributed by atoms with Crippen LogP contribution < -0.4 is 4.72 Å². The van der Waals surface area contributed by atoms with Crippen molar-refractivity contribution >= 4 is 27.3 Å². The number of aromatic nitrogens is 1. The number of aryl methyl sites for hydroxylation is 1. The summed E-state index contributed by atoms with van der Waals surface area (Å²) in [5.74, 6) is -1.52. The van der Waals surface area contributed by atoms with Gasteiger partial charge in [-0.25, -0.2) is 27.3 Å². The molecule has 0 atom stereocenters. The summed E-state index contributed by atoms with van der Waals surface area (Å²) in [6.45, 7) is 5.72. The number of halogens is 1. The van der Waals surface area contributed by atoms with Crippen molar-refractivity contribution in [3.05, 3.63) is 70.0 Å². The minimum absolute atomic E-state index is 0.0165. The lowest BCUT2D eigenvalue weighted by Gasteiger charge is -2.12. The maximum absolute atomic E-state index is 13.1. The van der Waals surface area contributed by atoms with Gasteiger partial charge in [0.05, 0.1) is 16.2 Å². The first-order valence-electron chi connectivity index (χ1n) is 9.67. The number of carboxylic acid groups (broad SMARTS) is 1. The number of carbonyl (C=O) groups is 1. The third-order valence-corrected chi connectivity index (χ3v) is 7.35. The highest BCUT2D eigenvalue weighted by Gasteiger charge is 2.20. The largest absolute Gasteiger partial charge is 0.478 e. The van der Waals surface area contributed by atoms with E-state index < -0.39 is 16.0 Å². The van der Waals surface area contributed by atoms with Crippen molar-refractivity contribution in [1.29, 1.82) is 0 Å². The third-order valence-electron chi connectivity index (χ3n) is 4.83. The summed E-state index contributed by atoms with van der Waals surface area (Å²) in [6, 6.07) is 10.2. The van der Waals surface area contributed by atoms with Crippen LogP contribution in [0.5, 0.6) is 0 Å². The molecule has 0 saturated carbocycles. The van der Waals surface area contributed by atoms with E-state index in [2.05, 4.69) is 9.71 Å². The number of sulfonamides is 1. The second kappa shape index (κ2) is 9.25. The molecule has 3 rings (SSSR count). The van der Waals surface area contributed by atoms with Gasteiger partial charge in [0.1, 0.15) is 10.8 Å². The van der Waals surface area contributed by atoms with Crippen LogP contribution in [-0.4, -0.2) is 31.0 Å². The Hall–Kier alpha value is -2.62. The van der Waals surface area contributed by atoms with Gasteiger partial charge in [0.15, 0.2) is 0 Å². The molecule has 9 heteroatoms. The van der Waals surface area contributed by atoms with E-state index in [0.29, 0.717) is 12.0 Å². The van der Waals surface area contributed by atoms with E-state index in [9.17, 15) is 22.7 Å². The van der Waals surface area contributed by atoms with Gasteiger partial charge >= 0.3 is 5.97 Å². The number of hydrogen-bond acceptors (Lipinski definition) is 5. The average molecular weight is 463 g/mol. The van der Waals surface area contributed by atoms with E-state index in [4.69, 9.17) is 0 Å². The van der Waals surface area contributed by atoms with Crippen molar-refractivity contribution in [3.63, 3.8) is 0 Å². The highest BCUT2D eigenvalue weighted by molar-refractivity contribution is 7.89. The fourth-order valence-corrected chi connectivity index (χ4v) is 5.18. The van der Waals surface area contributed by atoms with Gasteiger partial charge in [-0.05, 0) is 54.8 Å². The molecule has 1 heterocycles. The van der Waals surface area contributed by atoms with Crippen molar-refractivity contribution in [2.75, 3.05) is 6.54 Å². The number of thiazole rings is 1. The monoisotopic (exact) mass is 462 g/mol. The van der Waals surface area contributed by atoms with E-state index >= 15 is 0 Å². The van der Waals surface area contributed by atoms with Crippen molar-refractivity contribution < 1.29 is 22.7 Å². The second-order valence-corrected chi connectivity index (χ2v) is 10.4. The Morgan fingerprint density at radius 2 is 1.87 bits per heavy atom. The fourth-order valence-electron chi connectivity index (χ4n) is 3.15. The molecule has 3 aromatic rings. The number of nitrogens with one attached hydrogen (secondary N) is 1. The summed E-state index contributed by atoms with van der Waals surface area (Å²) >= 11 is 1.46. The highest BCUT2D eigenvalue weighted by atomic mass is 32.2. The van der Waals surface area contributed by atoms with Crippen molar-refractivity contribution in [2.45, 2.75) is 38.0 Å². The minimum Gasteiger partial charge on any atom is -0.478 e. The predicted molar refractivity (Wildman–Crippen MR) is 119 cm³/mol. The van der Waals surface area contributed by atoms with Crippen LogP contribution >= 0.6 is 11.3 Å². The van der Waals surface area contributed by atoms with Crippen LogP contribution in [0.2, 0.25) is 0 Å². The number of hydrogen-bond donors (Lipinski definition) is 2. The second-order valence-electron chi connectivity index (χ2n) is 7.39. The van der Waals surface area contributed by atoms with Gasteiger partial charge in [-0.1, -0.05) is 19.9 Å². The molecule has 0 amide bonds. The quantitative estimate of drug-likeness (QED) is 0.510. The van der Waals surface area contributed by atoms with E-state index in [1.54, 1.807) is 18.2 Å². The summed E-state index contributed by atoms with van der Waals surface area (Å²) in [5.41, 5.74) is 2.12. The first kappa shape index (κ1) is 23.1. The Morgan fingerprint density at radius 3 is 2.48 bits per heavy atom. The van der Waals surface area contributed by atoms with Crippen LogP contribution in [0.1, 0.15) is 46.3 Å². The van der Waals surface area contributed by atoms with Gasteiger partial charge in [0, 0.05) is 23.4 Å². The van der Waals surface area contributed by atoms with Gasteiger partial charge in [-0.2, -0.15) is 0 Å². The van der Waals surface area contributed by atoms with Crippen LogP contribution in [0.25, 0.3) is 10.6 Å². The van der Waals surface area contributed by atoms with Crippen LogP contribution in [0.15, 0.2) is 47.4 Å². The van der Waals surface area contributed by atoms with E-state index in [0.717, 1.165) is 21.1 Å². The lowest BCUT2D eigenvalue weighted by Crippen LogP contribution is -2.26. The van der Waals surface area contributed by atoms with Crippen LogP contribution in [0.4, 0.5) is 4.39 Å². The average Bonchev–Trinajstić information content (AvgIpc) is 3.08. The lowest BCUT2D eigenvalue weighted by molar-refractivity contribution is 0.0695. The number of aromatic carboxylic acids is 1. The van der Waals surface area contributed by atoms with Gasteiger partial charge < -0.3 is 5.11 Å². The molecular formula is C22H23FN2O4S2. The molecule has 0 bridgehead atoms. The molecule has 31 heavy (non-hydrogen) atoms. The minimum atomic E-state index is -3.87. The van der Waals surface area contributed by atoms with Crippen molar-refractivity contribution in [2.24, 2.45) is 0 Å². The normalized spacial score (nSPS) is 11.8. The molecule has 0 unspecified atom stereocenters. The standard InChI is InChI=1S/C22H23FN2O4S2/c1-13(2)18-9-8-17(12-19(18)22(26)27)31(28,29)24-11-10-20-14(3)30-21(25-20)15-4-6-16(23)7-5-15/h4-9,12-13,24H,10-11H2,1-3H3,(H,26,27). The molecule has 0 aliphatic carbocycles. The molecule has 0 aliphatic heterocycles. The van der Waals surface area contributed by atoms with Gasteiger partial charge in [-0.15, -0.1) is 11.3 Å². The summed E-state index contributed by atoms with van der Waals surface area (Å²) in [4.78, 5) is 17.0. The molecule has 0 aliphatic rings. The van der Waals surface area contributed by atoms with Crippen LogP contribution in [-0.2, 0) is 16.4 Å². The zero-order chi connectivity index (χ0) is 22.8. The molecule has 0 spiro atoms. The first-order chi connectivity index (χ1) is 14.6. The van der Waals surface area contributed by atoms with Crippen LogP contribution in [0, 0.1) is 12.7 Å². The van der Waals surface area contributed by atoms with Crippen molar-refractivity contribution in [1.82, 2.24) is 9.71 Å². The molecule has 6 nitrogen and oxygen atoms in total. The number of benzene rings is 2. The summed E-state index contributed by atoms with van der Waals surface area (Å²) in [6.07, 6.45) is 0.374. The first-order valence-corrected chi connectivity index (χ1v) is 12.0. The molecule has 2 N–H and O–H groups in total. The van der Waals surface area contributed by atoms with Crippen molar-refractivity contribution in [3.8, 4) is 10.6 Å². The topological polar surface area (TPSA) is 96.4 Å². The molecule has 164 valence electrons. The van der Waals surface area contributed by atoms with E-state index in [-0.39, 0.29) is 28.7 Å². The number of nitrogens with zero attached hydrogens (tertiary/aromatic N) is 1. The molecule has 0 saturated heterocycles.